The Morgan fingerprint density at radius 3 is 2.84 bits per heavy atom. The van der Waals surface area contributed by atoms with E-state index < -0.39 is 0 Å². The van der Waals surface area contributed by atoms with Crippen molar-refractivity contribution in [1.29, 1.82) is 0 Å². The highest BCUT2D eigenvalue weighted by Crippen LogP contribution is 2.31. The van der Waals surface area contributed by atoms with Gasteiger partial charge in [-0.05, 0) is 29.8 Å². The second kappa shape index (κ2) is 5.24. The van der Waals surface area contributed by atoms with Crippen molar-refractivity contribution in [3.05, 3.63) is 73.3 Å². The fourth-order valence-electron chi connectivity index (χ4n) is 3.11. The number of aromatic amines is 1. The number of hydrogen-bond donors (Lipinski definition) is 1. The van der Waals surface area contributed by atoms with Gasteiger partial charge in [0, 0.05) is 46.9 Å². The summed E-state index contributed by atoms with van der Waals surface area (Å²) in [5.74, 6) is -0.352. The van der Waals surface area contributed by atoms with Gasteiger partial charge in [0.05, 0.1) is 17.9 Å². The third-order valence-corrected chi connectivity index (χ3v) is 4.30. The first-order valence-corrected chi connectivity index (χ1v) is 7.80. The smallest absolute Gasteiger partial charge is 0.142 e. The summed E-state index contributed by atoms with van der Waals surface area (Å²) in [5.41, 5.74) is 5.50. The molecular weight excluding hydrogens is 317 g/mol. The van der Waals surface area contributed by atoms with Crippen LogP contribution in [0.5, 0.6) is 0 Å². The second-order valence-electron chi connectivity index (χ2n) is 5.80. The normalized spacial score (nSPS) is 11.4. The number of aromatic nitrogens is 5. The molecule has 0 aliphatic heterocycles. The van der Waals surface area contributed by atoms with Crippen molar-refractivity contribution in [1.82, 2.24) is 24.6 Å². The average Bonchev–Trinajstić information content (AvgIpc) is 3.25. The predicted molar refractivity (Wildman–Crippen MR) is 93.5 cm³/mol. The van der Waals surface area contributed by atoms with Gasteiger partial charge in [-0.1, -0.05) is 6.07 Å². The first-order valence-electron chi connectivity index (χ1n) is 7.80. The van der Waals surface area contributed by atoms with Crippen LogP contribution in [-0.2, 0) is 0 Å². The maximum absolute atomic E-state index is 13.6. The van der Waals surface area contributed by atoms with E-state index in [0.29, 0.717) is 5.65 Å². The van der Waals surface area contributed by atoms with Gasteiger partial charge in [-0.15, -0.1) is 0 Å². The molecule has 120 valence electrons. The maximum Gasteiger partial charge on any atom is 0.142 e. The molecule has 1 N–H and O–H groups in total. The van der Waals surface area contributed by atoms with E-state index in [1.807, 2.05) is 53.6 Å². The van der Waals surface area contributed by atoms with E-state index in [1.54, 1.807) is 6.20 Å². The van der Waals surface area contributed by atoms with E-state index in [9.17, 15) is 4.39 Å². The van der Waals surface area contributed by atoms with E-state index in [1.165, 1.54) is 12.3 Å². The summed E-state index contributed by atoms with van der Waals surface area (Å²) in [5, 5.41) is 5.16. The highest BCUT2D eigenvalue weighted by Gasteiger charge is 2.12. The Bertz CT molecular complexity index is 1210. The molecule has 0 spiro atoms. The molecule has 0 aliphatic carbocycles. The fourth-order valence-corrected chi connectivity index (χ4v) is 3.11. The van der Waals surface area contributed by atoms with Crippen LogP contribution in [0.2, 0.25) is 0 Å². The van der Waals surface area contributed by atoms with E-state index in [4.69, 9.17) is 0 Å². The second-order valence-corrected chi connectivity index (χ2v) is 5.80. The first kappa shape index (κ1) is 13.9. The number of rotatable bonds is 2. The fraction of sp³-hybridized carbons (Fsp3) is 0. The van der Waals surface area contributed by atoms with Gasteiger partial charge >= 0.3 is 0 Å². The van der Waals surface area contributed by atoms with E-state index in [2.05, 4.69) is 20.1 Å². The van der Waals surface area contributed by atoms with Crippen LogP contribution >= 0.6 is 0 Å². The molecule has 25 heavy (non-hydrogen) atoms. The quantitative estimate of drug-likeness (QED) is 0.531. The third-order valence-electron chi connectivity index (χ3n) is 4.30. The lowest BCUT2D eigenvalue weighted by Crippen LogP contribution is -1.88. The van der Waals surface area contributed by atoms with Crippen molar-refractivity contribution in [2.45, 2.75) is 0 Å². The van der Waals surface area contributed by atoms with Gasteiger partial charge in [-0.3, -0.25) is 4.98 Å². The van der Waals surface area contributed by atoms with Crippen molar-refractivity contribution < 1.29 is 4.39 Å². The molecule has 5 nitrogen and oxygen atoms in total. The van der Waals surface area contributed by atoms with Crippen LogP contribution in [0.15, 0.2) is 67.5 Å². The first-order chi connectivity index (χ1) is 12.3. The highest BCUT2D eigenvalue weighted by molar-refractivity contribution is 5.95. The molecule has 0 atom stereocenters. The lowest BCUT2D eigenvalue weighted by atomic mass is 10.0. The van der Waals surface area contributed by atoms with Crippen LogP contribution in [0.3, 0.4) is 0 Å². The van der Waals surface area contributed by atoms with Gasteiger partial charge in [0.2, 0.25) is 0 Å². The molecule has 5 heterocycles. The highest BCUT2D eigenvalue weighted by atomic mass is 19.1. The number of fused-ring (bicyclic) bond motifs is 2. The Hall–Kier alpha value is -3.54. The van der Waals surface area contributed by atoms with Gasteiger partial charge in [0.15, 0.2) is 0 Å². The predicted octanol–water partition coefficient (Wildman–Crippen LogP) is 4.08. The van der Waals surface area contributed by atoms with E-state index in [-0.39, 0.29) is 5.82 Å². The summed E-state index contributed by atoms with van der Waals surface area (Å²) in [6.07, 6.45) is 10.3. The number of nitrogens with zero attached hydrogens (tertiary/aromatic N) is 4. The largest absolute Gasteiger partial charge is 0.346 e. The van der Waals surface area contributed by atoms with E-state index in [0.717, 1.165) is 33.2 Å². The summed E-state index contributed by atoms with van der Waals surface area (Å²) >= 11 is 0. The van der Waals surface area contributed by atoms with Crippen molar-refractivity contribution >= 4 is 16.6 Å². The Morgan fingerprint density at radius 2 is 1.96 bits per heavy atom. The molecule has 0 radical (unpaired) electrons. The lowest BCUT2D eigenvalue weighted by Gasteiger charge is -2.03. The minimum Gasteiger partial charge on any atom is -0.346 e. The van der Waals surface area contributed by atoms with E-state index >= 15 is 0 Å². The average molecular weight is 329 g/mol. The molecule has 0 bridgehead atoms. The molecule has 5 aromatic rings. The van der Waals surface area contributed by atoms with Gasteiger partial charge in [-0.25, -0.2) is 13.9 Å². The molecule has 5 rings (SSSR count). The molecule has 0 saturated heterocycles. The van der Waals surface area contributed by atoms with Crippen molar-refractivity contribution in [2.24, 2.45) is 0 Å². The Labute approximate surface area is 141 Å². The molecule has 0 saturated carbocycles. The summed E-state index contributed by atoms with van der Waals surface area (Å²) < 4.78 is 15.4. The number of pyridine rings is 3. The molecule has 6 heteroatoms. The van der Waals surface area contributed by atoms with Crippen LogP contribution in [0.4, 0.5) is 4.39 Å². The lowest BCUT2D eigenvalue weighted by molar-refractivity contribution is 0.624. The number of halogens is 1. The van der Waals surface area contributed by atoms with Crippen LogP contribution in [0.1, 0.15) is 0 Å². The summed E-state index contributed by atoms with van der Waals surface area (Å²) in [6.45, 7) is 0. The Morgan fingerprint density at radius 1 is 1.00 bits per heavy atom. The summed E-state index contributed by atoms with van der Waals surface area (Å²) in [6, 6.07) is 9.40. The summed E-state index contributed by atoms with van der Waals surface area (Å²) in [7, 11) is 0. The van der Waals surface area contributed by atoms with Crippen LogP contribution in [0, 0.1) is 5.82 Å². The van der Waals surface area contributed by atoms with Crippen LogP contribution in [-0.4, -0.2) is 24.6 Å². The standard InChI is InChI=1S/C19H12FN5/c20-14-7-15-16(10-23-19(15)22-9-14)12-3-5-25-18(6-12)17(11-24-25)13-2-1-4-21-8-13/h1-11H,(H,22,23). The molecule has 0 fully saturated rings. The molecule has 5 aromatic heterocycles. The minimum atomic E-state index is -0.352. The number of H-pyrrole nitrogens is 1. The van der Waals surface area contributed by atoms with Crippen molar-refractivity contribution in [3.63, 3.8) is 0 Å². The SMILES string of the molecule is Fc1cnc2[nH]cc(-c3ccn4ncc(-c5cccnc5)c4c3)c2c1. The summed E-state index contributed by atoms with van der Waals surface area (Å²) in [4.78, 5) is 11.4. The van der Waals surface area contributed by atoms with Gasteiger partial charge in [-0.2, -0.15) is 5.10 Å². The number of nitrogens with one attached hydrogen (secondary N) is 1. The monoisotopic (exact) mass is 329 g/mol. The van der Waals surface area contributed by atoms with Crippen molar-refractivity contribution in [2.75, 3.05) is 0 Å². The zero-order valence-electron chi connectivity index (χ0n) is 13.0. The van der Waals surface area contributed by atoms with Gasteiger partial charge in [0.1, 0.15) is 11.5 Å². The maximum atomic E-state index is 13.6. The van der Waals surface area contributed by atoms with Crippen LogP contribution in [0.25, 0.3) is 38.8 Å². The zero-order chi connectivity index (χ0) is 16.8. The molecular formula is C19H12FN5. The zero-order valence-corrected chi connectivity index (χ0v) is 13.0. The van der Waals surface area contributed by atoms with Crippen molar-refractivity contribution in [3.8, 4) is 22.3 Å². The third kappa shape index (κ3) is 2.19. The molecule has 0 aliphatic rings. The van der Waals surface area contributed by atoms with Gasteiger partial charge in [0.25, 0.3) is 0 Å². The minimum absolute atomic E-state index is 0.352. The molecule has 0 aromatic carbocycles. The topological polar surface area (TPSA) is 58.9 Å². The Kier molecular flexibility index (Phi) is 2.90. The molecule has 0 amide bonds. The van der Waals surface area contributed by atoms with Gasteiger partial charge < -0.3 is 4.98 Å². The van der Waals surface area contributed by atoms with Crippen LogP contribution < -0.4 is 0 Å². The molecule has 0 unspecified atom stereocenters. The Balaban J connectivity index is 1.73. The number of hydrogen-bond acceptors (Lipinski definition) is 3.